The van der Waals surface area contributed by atoms with Gasteiger partial charge in [-0.1, -0.05) is 0 Å². The third-order valence-corrected chi connectivity index (χ3v) is 4.39. The second-order valence-corrected chi connectivity index (χ2v) is 6.11. The molecule has 4 aromatic rings. The summed E-state index contributed by atoms with van der Waals surface area (Å²) in [5.41, 5.74) is 9.89. The number of hydrogen-bond acceptors (Lipinski definition) is 8. The number of anilines is 2. The fourth-order valence-corrected chi connectivity index (χ4v) is 3.19. The molecule has 0 aliphatic heterocycles. The number of nitrogens with one attached hydrogen (secondary N) is 2. The highest BCUT2D eigenvalue weighted by Gasteiger charge is 2.08. The molecule has 0 fully saturated rings. The Kier molecular flexibility index (Phi) is 3.83. The first-order valence-corrected chi connectivity index (χ1v) is 8.32. The summed E-state index contributed by atoms with van der Waals surface area (Å²) < 4.78 is 0. The lowest BCUT2D eigenvalue weighted by atomic mass is 10.2. The van der Waals surface area contributed by atoms with Crippen LogP contribution in [0.5, 0.6) is 0 Å². The van der Waals surface area contributed by atoms with Gasteiger partial charge in [0, 0.05) is 30.4 Å². The molecule has 0 spiro atoms. The molecule has 4 rings (SSSR count). The first-order chi connectivity index (χ1) is 11.8. The maximum atomic E-state index is 5.71. The zero-order valence-corrected chi connectivity index (χ0v) is 13.4. The van der Waals surface area contributed by atoms with E-state index in [0.29, 0.717) is 5.65 Å². The van der Waals surface area contributed by atoms with E-state index in [1.807, 2.05) is 18.2 Å². The largest absolute Gasteiger partial charge is 0.384 e. The third-order valence-electron chi connectivity index (χ3n) is 3.41. The Morgan fingerprint density at radius 3 is 2.88 bits per heavy atom. The number of nitrogens with two attached hydrogens (primary N) is 1. The number of hydrogen-bond donors (Lipinski definition) is 3. The van der Waals surface area contributed by atoms with Crippen LogP contribution in [-0.4, -0.2) is 42.2 Å². The van der Waals surface area contributed by atoms with E-state index in [2.05, 4.69) is 35.2 Å². The van der Waals surface area contributed by atoms with E-state index in [4.69, 9.17) is 5.73 Å². The number of aromatic nitrogens is 6. The summed E-state index contributed by atoms with van der Waals surface area (Å²) in [6, 6.07) is 5.94. The van der Waals surface area contributed by atoms with E-state index >= 15 is 0 Å². The summed E-state index contributed by atoms with van der Waals surface area (Å²) in [7, 11) is 0. The smallest absolute Gasteiger partial charge is 0.223 e. The molecule has 120 valence electrons. The highest BCUT2D eigenvalue weighted by molar-refractivity contribution is 7.99. The molecule has 8 nitrogen and oxygen atoms in total. The summed E-state index contributed by atoms with van der Waals surface area (Å²) in [6.45, 7) is 0.774. The molecular formula is C15H14N8S. The van der Waals surface area contributed by atoms with Crippen molar-refractivity contribution in [1.82, 2.24) is 29.9 Å². The Morgan fingerprint density at radius 2 is 1.96 bits per heavy atom. The fraction of sp³-hybridized carbons (Fsp3) is 0.133. The van der Waals surface area contributed by atoms with Gasteiger partial charge in [-0.15, -0.1) is 11.8 Å². The molecule has 0 bridgehead atoms. The number of thioether (sulfide) groups is 1. The van der Waals surface area contributed by atoms with Gasteiger partial charge in [-0.3, -0.25) is 9.97 Å². The van der Waals surface area contributed by atoms with Gasteiger partial charge in [0.25, 0.3) is 0 Å². The van der Waals surface area contributed by atoms with Crippen LogP contribution in [0.1, 0.15) is 0 Å². The van der Waals surface area contributed by atoms with Crippen LogP contribution in [0.25, 0.3) is 22.2 Å². The van der Waals surface area contributed by atoms with Gasteiger partial charge in [-0.2, -0.15) is 4.98 Å². The predicted octanol–water partition coefficient (Wildman–Crippen LogP) is 2.08. The first-order valence-electron chi connectivity index (χ1n) is 7.33. The van der Waals surface area contributed by atoms with Crippen LogP contribution in [0.2, 0.25) is 0 Å². The Balaban J connectivity index is 1.40. The van der Waals surface area contributed by atoms with Crippen molar-refractivity contribution >= 4 is 45.6 Å². The van der Waals surface area contributed by atoms with Crippen molar-refractivity contribution in [2.24, 2.45) is 0 Å². The van der Waals surface area contributed by atoms with E-state index < -0.39 is 0 Å². The molecular weight excluding hydrogens is 324 g/mol. The molecule has 9 heteroatoms. The van der Waals surface area contributed by atoms with Crippen molar-refractivity contribution in [1.29, 1.82) is 0 Å². The molecule has 0 amide bonds. The maximum absolute atomic E-state index is 5.71. The average Bonchev–Trinajstić information content (AvgIpc) is 3.07. The molecule has 0 radical (unpaired) electrons. The molecule has 4 N–H and O–H groups in total. The lowest BCUT2D eigenvalue weighted by Crippen LogP contribution is -2.05. The summed E-state index contributed by atoms with van der Waals surface area (Å²) in [5, 5.41) is 4.18. The summed E-state index contributed by atoms with van der Waals surface area (Å²) in [5.74, 6) is 1.06. The Morgan fingerprint density at radius 1 is 1.08 bits per heavy atom. The second-order valence-electron chi connectivity index (χ2n) is 5.02. The fourth-order valence-electron chi connectivity index (χ4n) is 2.34. The number of nitrogen functional groups attached to an aromatic ring is 1. The van der Waals surface area contributed by atoms with Crippen molar-refractivity contribution < 1.29 is 0 Å². The molecule has 0 aliphatic carbocycles. The topological polar surface area (TPSA) is 118 Å². The molecule has 0 saturated carbocycles. The maximum Gasteiger partial charge on any atom is 0.223 e. The van der Waals surface area contributed by atoms with Crippen LogP contribution in [0.15, 0.2) is 41.9 Å². The van der Waals surface area contributed by atoms with Gasteiger partial charge >= 0.3 is 0 Å². The number of H-pyrrole nitrogens is 1. The molecule has 3 aromatic heterocycles. The number of fused-ring (bicyclic) bond motifs is 2. The van der Waals surface area contributed by atoms with Crippen molar-refractivity contribution in [3.8, 4) is 0 Å². The lowest BCUT2D eigenvalue weighted by Gasteiger charge is -2.07. The molecule has 3 heterocycles. The van der Waals surface area contributed by atoms with Crippen LogP contribution in [0, 0.1) is 0 Å². The zero-order valence-electron chi connectivity index (χ0n) is 12.6. The normalized spacial score (nSPS) is 11.2. The van der Waals surface area contributed by atoms with Gasteiger partial charge in [-0.05, 0) is 18.2 Å². The van der Waals surface area contributed by atoms with Gasteiger partial charge < -0.3 is 16.0 Å². The number of nitrogens with zero attached hydrogens (tertiary/aromatic N) is 5. The molecule has 0 atom stereocenters. The summed E-state index contributed by atoms with van der Waals surface area (Å²) in [4.78, 5) is 24.1. The second kappa shape index (κ2) is 6.28. The highest BCUT2D eigenvalue weighted by Crippen LogP contribution is 2.23. The number of imidazole rings is 1. The van der Waals surface area contributed by atoms with Gasteiger partial charge in [0.15, 0.2) is 5.65 Å². The van der Waals surface area contributed by atoms with Crippen LogP contribution in [0.3, 0.4) is 0 Å². The quantitative estimate of drug-likeness (QED) is 0.287. The molecule has 24 heavy (non-hydrogen) atoms. The number of benzene rings is 1. The highest BCUT2D eigenvalue weighted by atomic mass is 32.2. The van der Waals surface area contributed by atoms with Crippen molar-refractivity contribution in [2.45, 2.75) is 5.03 Å². The standard InChI is InChI=1S/C15H14N8S/c16-15-22-13-12(20-8-21-13)14(23-15)24-6-5-17-9-1-2-10-11(7-9)19-4-3-18-10/h1-4,7-8,17H,5-6H2,(H3,16,20,21,22,23). The van der Waals surface area contributed by atoms with E-state index in [-0.39, 0.29) is 5.95 Å². The predicted molar refractivity (Wildman–Crippen MR) is 94.8 cm³/mol. The van der Waals surface area contributed by atoms with Gasteiger partial charge in [0.05, 0.1) is 17.4 Å². The van der Waals surface area contributed by atoms with Gasteiger partial charge in [0.1, 0.15) is 10.5 Å². The van der Waals surface area contributed by atoms with Crippen LogP contribution < -0.4 is 11.1 Å². The summed E-state index contributed by atoms with van der Waals surface area (Å²) in [6.07, 6.45) is 4.98. The first kappa shape index (κ1) is 14.6. The molecule has 0 unspecified atom stereocenters. The zero-order chi connectivity index (χ0) is 16.4. The minimum absolute atomic E-state index is 0.234. The molecule has 1 aromatic carbocycles. The van der Waals surface area contributed by atoms with Crippen molar-refractivity contribution in [3.63, 3.8) is 0 Å². The van der Waals surface area contributed by atoms with E-state index in [0.717, 1.165) is 39.6 Å². The van der Waals surface area contributed by atoms with Crippen LogP contribution >= 0.6 is 11.8 Å². The van der Waals surface area contributed by atoms with Crippen LogP contribution in [-0.2, 0) is 0 Å². The Hall–Kier alpha value is -2.94. The van der Waals surface area contributed by atoms with Gasteiger partial charge in [-0.25, -0.2) is 9.97 Å². The summed E-state index contributed by atoms with van der Waals surface area (Å²) >= 11 is 1.60. The average molecular weight is 338 g/mol. The van der Waals surface area contributed by atoms with Crippen molar-refractivity contribution in [3.05, 3.63) is 36.9 Å². The van der Waals surface area contributed by atoms with Crippen molar-refractivity contribution in [2.75, 3.05) is 23.3 Å². The van der Waals surface area contributed by atoms with E-state index in [9.17, 15) is 0 Å². The van der Waals surface area contributed by atoms with E-state index in [1.165, 1.54) is 0 Å². The monoisotopic (exact) mass is 338 g/mol. The van der Waals surface area contributed by atoms with Gasteiger partial charge in [0.2, 0.25) is 5.95 Å². The lowest BCUT2D eigenvalue weighted by molar-refractivity contribution is 1.10. The van der Waals surface area contributed by atoms with Crippen LogP contribution in [0.4, 0.5) is 11.6 Å². The SMILES string of the molecule is Nc1nc(SCCNc2ccc3nccnc3c2)c2[nH]cnc2n1. The third kappa shape index (κ3) is 2.93. The van der Waals surface area contributed by atoms with E-state index in [1.54, 1.807) is 30.5 Å². The molecule has 0 aliphatic rings. The minimum Gasteiger partial charge on any atom is -0.384 e. The minimum atomic E-state index is 0.234. The Bertz CT molecular complexity index is 999. The molecule has 0 saturated heterocycles. The number of aromatic amines is 1. The number of rotatable bonds is 5. The Labute approximate surface area is 141 Å².